The molecular formula is C14H11ClN2S. The summed E-state index contributed by atoms with van der Waals surface area (Å²) in [7, 11) is 0. The molecule has 0 atom stereocenters. The molecule has 0 aliphatic rings. The number of rotatable bonds is 1. The summed E-state index contributed by atoms with van der Waals surface area (Å²) in [5, 5.41) is 0.685. The van der Waals surface area contributed by atoms with E-state index in [0.29, 0.717) is 9.79 Å². The largest absolute Gasteiger partial charge is 0.329 e. The van der Waals surface area contributed by atoms with Gasteiger partial charge in [-0.15, -0.1) is 0 Å². The Hall–Kier alpha value is -1.58. The first-order valence-corrected chi connectivity index (χ1v) is 6.42. The van der Waals surface area contributed by atoms with E-state index in [9.17, 15) is 0 Å². The Bertz CT molecular complexity index is 769. The maximum absolute atomic E-state index is 6.16. The number of H-pyrrole nitrogens is 1. The number of aryl methyl sites for hydroxylation is 1. The van der Waals surface area contributed by atoms with E-state index >= 15 is 0 Å². The van der Waals surface area contributed by atoms with Crippen LogP contribution < -0.4 is 0 Å². The van der Waals surface area contributed by atoms with Gasteiger partial charge in [0.2, 0.25) is 0 Å². The van der Waals surface area contributed by atoms with Crippen LogP contribution in [0.4, 0.5) is 0 Å². The maximum Gasteiger partial charge on any atom is 0.182 e. The number of hydrogen-bond acceptors (Lipinski definition) is 1. The van der Waals surface area contributed by atoms with Crippen LogP contribution in [0.3, 0.4) is 0 Å². The third-order valence-corrected chi connectivity index (χ3v) is 3.56. The molecule has 4 heteroatoms. The number of hydrogen-bond donors (Lipinski definition) is 1. The van der Waals surface area contributed by atoms with E-state index in [1.807, 2.05) is 22.8 Å². The van der Waals surface area contributed by atoms with Gasteiger partial charge in [0.05, 0.1) is 16.1 Å². The summed E-state index contributed by atoms with van der Waals surface area (Å²) in [4.78, 5) is 3.15. The lowest BCUT2D eigenvalue weighted by atomic mass is 10.2. The van der Waals surface area contributed by atoms with Crippen molar-refractivity contribution in [1.29, 1.82) is 0 Å². The van der Waals surface area contributed by atoms with E-state index in [2.05, 4.69) is 36.2 Å². The van der Waals surface area contributed by atoms with E-state index < -0.39 is 0 Å². The lowest BCUT2D eigenvalue weighted by Crippen LogP contribution is -1.93. The minimum Gasteiger partial charge on any atom is -0.329 e. The van der Waals surface area contributed by atoms with Gasteiger partial charge >= 0.3 is 0 Å². The molecule has 0 unspecified atom stereocenters. The number of halogens is 1. The van der Waals surface area contributed by atoms with Crippen LogP contribution >= 0.6 is 23.8 Å². The van der Waals surface area contributed by atoms with Gasteiger partial charge in [-0.3, -0.25) is 4.57 Å². The Morgan fingerprint density at radius 2 is 1.83 bits per heavy atom. The van der Waals surface area contributed by atoms with Crippen molar-refractivity contribution in [2.75, 3.05) is 0 Å². The molecule has 2 nitrogen and oxygen atoms in total. The predicted molar refractivity (Wildman–Crippen MR) is 78.2 cm³/mol. The van der Waals surface area contributed by atoms with Gasteiger partial charge < -0.3 is 4.98 Å². The number of imidazole rings is 1. The lowest BCUT2D eigenvalue weighted by Gasteiger charge is -2.05. The van der Waals surface area contributed by atoms with Crippen molar-refractivity contribution in [3.8, 4) is 5.69 Å². The number of fused-ring (bicyclic) bond motifs is 1. The van der Waals surface area contributed by atoms with Crippen LogP contribution in [-0.4, -0.2) is 9.55 Å². The van der Waals surface area contributed by atoms with Gasteiger partial charge in [-0.25, -0.2) is 0 Å². The maximum atomic E-state index is 6.16. The zero-order valence-corrected chi connectivity index (χ0v) is 11.3. The topological polar surface area (TPSA) is 20.7 Å². The van der Waals surface area contributed by atoms with Crippen LogP contribution in [0.5, 0.6) is 0 Å². The third kappa shape index (κ3) is 1.76. The fourth-order valence-corrected chi connectivity index (χ4v) is 2.57. The molecule has 0 fully saturated rings. The number of aromatic amines is 1. The Kier molecular flexibility index (Phi) is 2.73. The molecule has 0 amide bonds. The van der Waals surface area contributed by atoms with Crippen molar-refractivity contribution in [3.05, 3.63) is 57.8 Å². The first kappa shape index (κ1) is 11.5. The molecule has 0 radical (unpaired) electrons. The molecular weight excluding hydrogens is 264 g/mol. The summed E-state index contributed by atoms with van der Waals surface area (Å²) in [5.41, 5.74) is 4.14. The molecule has 3 aromatic rings. The Labute approximate surface area is 115 Å². The zero-order valence-electron chi connectivity index (χ0n) is 9.77. The highest BCUT2D eigenvalue weighted by atomic mass is 35.5. The number of para-hydroxylation sites is 1. The minimum atomic E-state index is 0.655. The Balaban J connectivity index is 2.35. The van der Waals surface area contributed by atoms with Crippen molar-refractivity contribution >= 4 is 34.9 Å². The summed E-state index contributed by atoms with van der Waals surface area (Å²) in [6.07, 6.45) is 0. The zero-order chi connectivity index (χ0) is 12.7. The molecule has 0 saturated carbocycles. The number of nitrogens with zero attached hydrogens (tertiary/aromatic N) is 1. The molecule has 0 saturated heterocycles. The monoisotopic (exact) mass is 274 g/mol. The van der Waals surface area contributed by atoms with Crippen LogP contribution in [0.15, 0.2) is 42.5 Å². The molecule has 0 bridgehead atoms. The highest BCUT2D eigenvalue weighted by Gasteiger charge is 2.08. The van der Waals surface area contributed by atoms with Crippen molar-refractivity contribution in [2.24, 2.45) is 0 Å². The first-order valence-electron chi connectivity index (χ1n) is 5.63. The van der Waals surface area contributed by atoms with Crippen LogP contribution in [-0.2, 0) is 0 Å². The molecule has 0 spiro atoms. The number of aromatic nitrogens is 2. The van der Waals surface area contributed by atoms with Gasteiger partial charge in [-0.1, -0.05) is 35.4 Å². The number of nitrogens with one attached hydrogen (secondary N) is 1. The average Bonchev–Trinajstić information content (AvgIpc) is 2.69. The van der Waals surface area contributed by atoms with Crippen molar-refractivity contribution < 1.29 is 0 Å². The molecule has 3 rings (SSSR count). The normalized spacial score (nSPS) is 11.0. The van der Waals surface area contributed by atoms with Crippen LogP contribution in [0.1, 0.15) is 5.56 Å². The van der Waals surface area contributed by atoms with E-state index in [1.165, 1.54) is 5.56 Å². The van der Waals surface area contributed by atoms with E-state index in [1.54, 1.807) is 0 Å². The molecule has 90 valence electrons. The van der Waals surface area contributed by atoms with Gasteiger partial charge in [-0.05, 0) is 43.4 Å². The van der Waals surface area contributed by atoms with Crippen molar-refractivity contribution in [3.63, 3.8) is 0 Å². The summed E-state index contributed by atoms with van der Waals surface area (Å²) in [6.45, 7) is 2.06. The number of benzene rings is 2. The van der Waals surface area contributed by atoms with Crippen LogP contribution in [0.25, 0.3) is 16.7 Å². The van der Waals surface area contributed by atoms with Crippen LogP contribution in [0.2, 0.25) is 5.02 Å². The highest BCUT2D eigenvalue weighted by molar-refractivity contribution is 7.71. The third-order valence-electron chi connectivity index (χ3n) is 2.96. The summed E-state index contributed by atoms with van der Waals surface area (Å²) in [6, 6.07) is 14.0. The minimum absolute atomic E-state index is 0.655. The van der Waals surface area contributed by atoms with Crippen LogP contribution in [0, 0.1) is 11.7 Å². The molecule has 18 heavy (non-hydrogen) atoms. The molecule has 1 N–H and O–H groups in total. The quantitative estimate of drug-likeness (QED) is 0.641. The smallest absolute Gasteiger partial charge is 0.182 e. The van der Waals surface area contributed by atoms with Gasteiger partial charge in [0, 0.05) is 5.69 Å². The Morgan fingerprint density at radius 1 is 1.11 bits per heavy atom. The summed E-state index contributed by atoms with van der Waals surface area (Å²) < 4.78 is 2.65. The predicted octanol–water partition coefficient (Wildman–Crippen LogP) is 4.65. The van der Waals surface area contributed by atoms with Crippen molar-refractivity contribution in [2.45, 2.75) is 6.92 Å². The fourth-order valence-electron chi connectivity index (χ4n) is 2.05. The molecule has 2 aromatic carbocycles. The lowest BCUT2D eigenvalue weighted by molar-refractivity contribution is 1.06. The van der Waals surface area contributed by atoms with E-state index in [-0.39, 0.29) is 0 Å². The van der Waals surface area contributed by atoms with E-state index in [0.717, 1.165) is 16.7 Å². The first-order chi connectivity index (χ1) is 8.66. The molecule has 1 heterocycles. The molecule has 1 aromatic heterocycles. The summed E-state index contributed by atoms with van der Waals surface area (Å²) in [5.74, 6) is 0. The van der Waals surface area contributed by atoms with Crippen molar-refractivity contribution in [1.82, 2.24) is 9.55 Å². The second-order valence-corrected chi connectivity index (χ2v) is 5.03. The van der Waals surface area contributed by atoms with Gasteiger partial charge in [0.15, 0.2) is 4.77 Å². The summed E-state index contributed by atoms with van der Waals surface area (Å²) >= 11 is 11.5. The second kappa shape index (κ2) is 4.26. The van der Waals surface area contributed by atoms with Gasteiger partial charge in [0.25, 0.3) is 0 Å². The molecule has 0 aliphatic carbocycles. The average molecular weight is 275 g/mol. The standard InChI is InChI=1S/C14H11ClN2S/c1-9-5-7-10(8-6-9)17-12-4-2-3-11(15)13(12)16-14(17)18/h2-8H,1H3,(H,16,18). The van der Waals surface area contributed by atoms with Gasteiger partial charge in [-0.2, -0.15) is 0 Å². The highest BCUT2D eigenvalue weighted by Crippen LogP contribution is 2.25. The molecule has 0 aliphatic heterocycles. The van der Waals surface area contributed by atoms with E-state index in [4.69, 9.17) is 23.8 Å². The second-order valence-electron chi connectivity index (χ2n) is 4.24. The van der Waals surface area contributed by atoms with Gasteiger partial charge in [0.1, 0.15) is 0 Å². The SMILES string of the molecule is Cc1ccc(-n2c(=S)[nH]c3c(Cl)cccc32)cc1. The fraction of sp³-hybridized carbons (Fsp3) is 0.0714. The Morgan fingerprint density at radius 3 is 2.56 bits per heavy atom.